The third-order valence-corrected chi connectivity index (χ3v) is 5.12. The highest BCUT2D eigenvalue weighted by atomic mass is 19.1. The lowest BCUT2D eigenvalue weighted by Gasteiger charge is -2.36. The number of benzene rings is 2. The molecular formula is C22H22FN5O. The maximum Gasteiger partial charge on any atom is 0.272 e. The summed E-state index contributed by atoms with van der Waals surface area (Å²) in [5.74, 6) is 0.316. The first-order valence-corrected chi connectivity index (χ1v) is 9.52. The molecule has 2 aromatic carbocycles. The lowest BCUT2D eigenvalue weighted by molar-refractivity contribution is 0.0740. The van der Waals surface area contributed by atoms with E-state index in [1.165, 1.54) is 18.5 Å². The summed E-state index contributed by atoms with van der Waals surface area (Å²) in [6, 6.07) is 18.0. The molecule has 1 fully saturated rings. The lowest BCUT2D eigenvalue weighted by Crippen LogP contribution is -2.49. The van der Waals surface area contributed by atoms with Crippen LogP contribution in [0.3, 0.4) is 0 Å². The second-order valence-corrected chi connectivity index (χ2v) is 6.91. The normalized spacial score (nSPS) is 14.0. The topological polar surface area (TPSA) is 52.6 Å². The number of aromatic nitrogens is 2. The maximum absolute atomic E-state index is 13.1. The Bertz CT molecular complexity index is 972. The van der Waals surface area contributed by atoms with Crippen molar-refractivity contribution in [2.45, 2.75) is 0 Å². The molecule has 0 saturated carbocycles. The number of carbonyl (C=O) groups is 1. The third-order valence-electron chi connectivity index (χ3n) is 5.12. The van der Waals surface area contributed by atoms with E-state index in [1.807, 2.05) is 42.3 Å². The van der Waals surface area contributed by atoms with E-state index in [0.717, 1.165) is 11.4 Å². The van der Waals surface area contributed by atoms with E-state index >= 15 is 0 Å². The fraction of sp³-hybridized carbons (Fsp3) is 0.227. The van der Waals surface area contributed by atoms with Gasteiger partial charge in [-0.05, 0) is 36.4 Å². The monoisotopic (exact) mass is 391 g/mol. The summed E-state index contributed by atoms with van der Waals surface area (Å²) in [4.78, 5) is 27.3. The van der Waals surface area contributed by atoms with Crippen LogP contribution < -0.4 is 9.80 Å². The molecule has 0 N–H and O–H groups in total. The molecule has 1 aliphatic heterocycles. The molecule has 1 amide bonds. The van der Waals surface area contributed by atoms with E-state index in [2.05, 4.69) is 14.9 Å². The molecule has 1 saturated heterocycles. The van der Waals surface area contributed by atoms with Crippen molar-refractivity contribution in [1.82, 2.24) is 14.9 Å². The van der Waals surface area contributed by atoms with Crippen LogP contribution in [0.4, 0.5) is 21.6 Å². The molecule has 3 aromatic rings. The Hall–Kier alpha value is -3.48. The first kappa shape index (κ1) is 18.9. The molecular weight excluding hydrogens is 369 g/mol. The highest BCUT2D eigenvalue weighted by Crippen LogP contribution is 2.22. The number of hydrogen-bond donors (Lipinski definition) is 0. The van der Waals surface area contributed by atoms with E-state index in [9.17, 15) is 9.18 Å². The van der Waals surface area contributed by atoms with E-state index < -0.39 is 0 Å². The van der Waals surface area contributed by atoms with Crippen molar-refractivity contribution in [3.05, 3.63) is 78.5 Å². The number of amides is 1. The highest BCUT2D eigenvalue weighted by molar-refractivity contribution is 5.93. The van der Waals surface area contributed by atoms with Gasteiger partial charge in [0.25, 0.3) is 5.91 Å². The van der Waals surface area contributed by atoms with Gasteiger partial charge >= 0.3 is 0 Å². The fourth-order valence-corrected chi connectivity index (χ4v) is 3.41. The summed E-state index contributed by atoms with van der Waals surface area (Å²) < 4.78 is 13.1. The van der Waals surface area contributed by atoms with Crippen LogP contribution in [0.2, 0.25) is 0 Å². The summed E-state index contributed by atoms with van der Waals surface area (Å²) in [6.07, 6.45) is 1.43. The quantitative estimate of drug-likeness (QED) is 0.683. The van der Waals surface area contributed by atoms with Gasteiger partial charge in [-0.3, -0.25) is 4.79 Å². The van der Waals surface area contributed by atoms with Gasteiger partial charge in [0.2, 0.25) is 0 Å². The molecule has 7 heteroatoms. The van der Waals surface area contributed by atoms with Gasteiger partial charge in [-0.2, -0.15) is 0 Å². The largest absolute Gasteiger partial charge is 0.368 e. The Morgan fingerprint density at radius 1 is 0.966 bits per heavy atom. The van der Waals surface area contributed by atoms with Crippen LogP contribution in [0, 0.1) is 5.82 Å². The number of piperazine rings is 1. The molecule has 1 aromatic heterocycles. The fourth-order valence-electron chi connectivity index (χ4n) is 3.41. The van der Waals surface area contributed by atoms with E-state index in [-0.39, 0.29) is 11.7 Å². The van der Waals surface area contributed by atoms with Gasteiger partial charge in [-0.1, -0.05) is 18.2 Å². The maximum atomic E-state index is 13.1. The van der Waals surface area contributed by atoms with Crippen LogP contribution >= 0.6 is 0 Å². The zero-order chi connectivity index (χ0) is 20.2. The molecule has 0 bridgehead atoms. The van der Waals surface area contributed by atoms with Crippen molar-refractivity contribution in [1.29, 1.82) is 0 Å². The van der Waals surface area contributed by atoms with Gasteiger partial charge in [0.05, 0.1) is 0 Å². The molecule has 0 atom stereocenters. The molecule has 4 rings (SSSR count). The smallest absolute Gasteiger partial charge is 0.272 e. The van der Waals surface area contributed by atoms with Crippen molar-refractivity contribution in [2.24, 2.45) is 0 Å². The van der Waals surface area contributed by atoms with Crippen LogP contribution in [-0.2, 0) is 0 Å². The lowest BCUT2D eigenvalue weighted by atomic mass is 10.2. The molecule has 0 aliphatic carbocycles. The molecule has 0 spiro atoms. The summed E-state index contributed by atoms with van der Waals surface area (Å²) in [5.41, 5.74) is 2.33. The Morgan fingerprint density at radius 3 is 2.34 bits per heavy atom. The summed E-state index contributed by atoms with van der Waals surface area (Å²) >= 11 is 0. The molecule has 148 valence electrons. The zero-order valence-electron chi connectivity index (χ0n) is 16.2. The third kappa shape index (κ3) is 4.18. The molecule has 29 heavy (non-hydrogen) atoms. The average molecular weight is 391 g/mol. The van der Waals surface area contributed by atoms with Gasteiger partial charge in [-0.25, -0.2) is 14.4 Å². The second-order valence-electron chi connectivity index (χ2n) is 6.91. The predicted molar refractivity (Wildman–Crippen MR) is 111 cm³/mol. The first-order chi connectivity index (χ1) is 14.1. The average Bonchev–Trinajstić information content (AvgIpc) is 2.79. The first-order valence-electron chi connectivity index (χ1n) is 9.52. The van der Waals surface area contributed by atoms with Gasteiger partial charge in [0.1, 0.15) is 23.7 Å². The zero-order valence-corrected chi connectivity index (χ0v) is 16.2. The number of nitrogens with zero attached hydrogens (tertiary/aromatic N) is 5. The van der Waals surface area contributed by atoms with Crippen molar-refractivity contribution in [3.63, 3.8) is 0 Å². The van der Waals surface area contributed by atoms with Gasteiger partial charge in [-0.15, -0.1) is 0 Å². The molecule has 1 aliphatic rings. The number of carbonyl (C=O) groups excluding carboxylic acids is 1. The van der Waals surface area contributed by atoms with Crippen LogP contribution in [-0.4, -0.2) is 54.0 Å². The Balaban J connectivity index is 1.43. The minimum Gasteiger partial charge on any atom is -0.368 e. The Kier molecular flexibility index (Phi) is 5.37. The van der Waals surface area contributed by atoms with Crippen molar-refractivity contribution >= 4 is 23.1 Å². The van der Waals surface area contributed by atoms with Crippen LogP contribution in [0.25, 0.3) is 0 Å². The number of halogens is 1. The summed E-state index contributed by atoms with van der Waals surface area (Å²) in [7, 11) is 1.91. The Labute approximate surface area is 169 Å². The standard InChI is InChI=1S/C22H22FN5O/c1-26(18-5-3-2-4-6-18)21-15-20(24-16-25-21)22(29)28-13-11-27(12-14-28)19-9-7-17(23)8-10-19/h2-10,15-16H,11-14H2,1H3. The number of hydrogen-bond acceptors (Lipinski definition) is 5. The van der Waals surface area contributed by atoms with Gasteiger partial charge in [0.15, 0.2) is 0 Å². The van der Waals surface area contributed by atoms with Crippen molar-refractivity contribution < 1.29 is 9.18 Å². The van der Waals surface area contributed by atoms with E-state index in [0.29, 0.717) is 37.7 Å². The van der Waals surface area contributed by atoms with Crippen molar-refractivity contribution in [2.75, 3.05) is 43.0 Å². The highest BCUT2D eigenvalue weighted by Gasteiger charge is 2.24. The number of rotatable bonds is 4. The van der Waals surface area contributed by atoms with E-state index in [1.54, 1.807) is 23.1 Å². The molecule has 0 radical (unpaired) electrons. The summed E-state index contributed by atoms with van der Waals surface area (Å²) in [6.45, 7) is 2.56. The number of para-hydroxylation sites is 1. The molecule has 6 nitrogen and oxygen atoms in total. The van der Waals surface area contributed by atoms with Crippen LogP contribution in [0.5, 0.6) is 0 Å². The minimum atomic E-state index is -0.248. The Morgan fingerprint density at radius 2 is 1.66 bits per heavy atom. The van der Waals surface area contributed by atoms with Gasteiger partial charge in [0, 0.05) is 50.7 Å². The van der Waals surface area contributed by atoms with Crippen LogP contribution in [0.1, 0.15) is 10.5 Å². The van der Waals surface area contributed by atoms with Crippen molar-refractivity contribution in [3.8, 4) is 0 Å². The summed E-state index contributed by atoms with van der Waals surface area (Å²) in [5, 5.41) is 0. The van der Waals surface area contributed by atoms with Gasteiger partial charge < -0.3 is 14.7 Å². The van der Waals surface area contributed by atoms with Crippen LogP contribution in [0.15, 0.2) is 67.0 Å². The van der Waals surface area contributed by atoms with E-state index in [4.69, 9.17) is 0 Å². The second kappa shape index (κ2) is 8.26. The molecule has 0 unspecified atom stereocenters. The number of anilines is 3. The SMILES string of the molecule is CN(c1ccccc1)c1cc(C(=O)N2CCN(c3ccc(F)cc3)CC2)ncn1. The minimum absolute atomic E-state index is 0.103. The predicted octanol–water partition coefficient (Wildman–Crippen LogP) is 3.35. The molecule has 2 heterocycles.